The second-order valence-electron chi connectivity index (χ2n) is 8.68. The topological polar surface area (TPSA) is 23.8 Å². The predicted molar refractivity (Wildman–Crippen MR) is 107 cm³/mol. The minimum atomic E-state index is -0.564. The molecule has 0 N–H and O–H groups in total. The van der Waals surface area contributed by atoms with Crippen molar-refractivity contribution in [3.63, 3.8) is 0 Å². The molecule has 152 valence electrons. The van der Waals surface area contributed by atoms with E-state index in [4.69, 9.17) is 5.26 Å². The highest BCUT2D eigenvalue weighted by atomic mass is 19.1. The Hall–Kier alpha value is -2.28. The van der Waals surface area contributed by atoms with E-state index in [2.05, 4.69) is 6.92 Å². The van der Waals surface area contributed by atoms with Crippen LogP contribution in [0.15, 0.2) is 24.3 Å². The van der Waals surface area contributed by atoms with Gasteiger partial charge in [0.1, 0.15) is 23.5 Å². The summed E-state index contributed by atoms with van der Waals surface area (Å²) in [4.78, 5) is 0. The van der Waals surface area contributed by atoms with Crippen LogP contribution in [0.5, 0.6) is 0 Å². The molecule has 1 saturated carbocycles. The maximum absolute atomic E-state index is 15.0. The minimum Gasteiger partial charge on any atom is -0.207 e. The van der Waals surface area contributed by atoms with Gasteiger partial charge in [-0.3, -0.25) is 0 Å². The minimum absolute atomic E-state index is 0.0294. The first-order valence-corrected chi connectivity index (χ1v) is 10.7. The van der Waals surface area contributed by atoms with Gasteiger partial charge in [0.2, 0.25) is 0 Å². The third-order valence-electron chi connectivity index (χ3n) is 7.04. The van der Waals surface area contributed by atoms with Gasteiger partial charge in [0.25, 0.3) is 0 Å². The van der Waals surface area contributed by atoms with Crippen molar-refractivity contribution in [1.82, 2.24) is 0 Å². The summed E-state index contributed by atoms with van der Waals surface area (Å²) >= 11 is 0. The van der Waals surface area contributed by atoms with Crippen molar-refractivity contribution < 1.29 is 13.2 Å². The van der Waals surface area contributed by atoms with Crippen molar-refractivity contribution in [3.8, 4) is 6.07 Å². The first-order chi connectivity index (χ1) is 14.0. The molecule has 4 heteroatoms. The normalized spacial score (nSPS) is 24.0. The number of nitrogens with zero attached hydrogens (tertiary/aromatic N) is 1. The number of hydrogen-bond donors (Lipinski definition) is 0. The van der Waals surface area contributed by atoms with Crippen LogP contribution in [0.3, 0.4) is 0 Å². The van der Waals surface area contributed by atoms with Crippen LogP contribution in [0, 0.1) is 34.7 Å². The maximum atomic E-state index is 15.0. The zero-order chi connectivity index (χ0) is 20.5. The van der Waals surface area contributed by atoms with Crippen molar-refractivity contribution >= 4 is 0 Å². The van der Waals surface area contributed by atoms with Gasteiger partial charge in [-0.2, -0.15) is 5.26 Å². The number of rotatable bonds is 3. The van der Waals surface area contributed by atoms with Crippen molar-refractivity contribution in [2.45, 2.75) is 70.1 Å². The monoisotopic (exact) mass is 397 g/mol. The number of benzene rings is 2. The summed E-state index contributed by atoms with van der Waals surface area (Å²) in [6.07, 6.45) is 7.00. The molecule has 29 heavy (non-hydrogen) atoms. The van der Waals surface area contributed by atoms with Crippen LogP contribution in [-0.4, -0.2) is 0 Å². The molecule has 1 nitrogen and oxygen atoms in total. The van der Waals surface area contributed by atoms with Crippen molar-refractivity contribution in [1.29, 1.82) is 5.26 Å². The molecule has 4 rings (SSSR count). The summed E-state index contributed by atoms with van der Waals surface area (Å²) in [5.74, 6) is -0.836. The average Bonchev–Trinajstić information content (AvgIpc) is 2.72. The van der Waals surface area contributed by atoms with Crippen LogP contribution in [0.2, 0.25) is 0 Å². The average molecular weight is 397 g/mol. The van der Waals surface area contributed by atoms with Crippen LogP contribution >= 0.6 is 0 Å². The third-order valence-corrected chi connectivity index (χ3v) is 7.04. The molecule has 2 aromatic carbocycles. The van der Waals surface area contributed by atoms with Crippen molar-refractivity contribution in [3.05, 3.63) is 69.5 Å². The summed E-state index contributed by atoms with van der Waals surface area (Å²) in [5.41, 5.74) is 2.59. The van der Waals surface area contributed by atoms with E-state index in [1.807, 2.05) is 6.07 Å². The van der Waals surface area contributed by atoms with Gasteiger partial charge >= 0.3 is 0 Å². The molecule has 0 aliphatic heterocycles. The Kier molecular flexibility index (Phi) is 5.67. The standard InChI is InChI=1S/C25H26F3N/c1-2-15-3-5-16(6-4-15)20-12-23(27)25(24(28)13-20)18-8-7-17-9-21(14-29)22(26)11-19(17)10-18/h9,11-13,15-16,18H,2-8,10H2,1H3. The van der Waals surface area contributed by atoms with E-state index in [0.29, 0.717) is 19.3 Å². The molecule has 2 aliphatic rings. The van der Waals surface area contributed by atoms with E-state index >= 15 is 8.78 Å². The van der Waals surface area contributed by atoms with Crippen LogP contribution in [-0.2, 0) is 12.8 Å². The molecule has 0 radical (unpaired) electrons. The first kappa shape index (κ1) is 20.0. The lowest BCUT2D eigenvalue weighted by Gasteiger charge is -2.29. The Morgan fingerprint density at radius 1 is 0.862 bits per heavy atom. The Balaban J connectivity index is 1.57. The highest BCUT2D eigenvalue weighted by Crippen LogP contribution is 2.40. The lowest BCUT2D eigenvalue weighted by Crippen LogP contribution is -2.17. The van der Waals surface area contributed by atoms with E-state index in [0.717, 1.165) is 48.3 Å². The van der Waals surface area contributed by atoms with E-state index < -0.39 is 17.5 Å². The second-order valence-corrected chi connectivity index (χ2v) is 8.68. The zero-order valence-electron chi connectivity index (χ0n) is 16.8. The molecule has 0 heterocycles. The second kappa shape index (κ2) is 8.22. The van der Waals surface area contributed by atoms with Gasteiger partial charge in [-0.1, -0.05) is 13.3 Å². The highest BCUT2D eigenvalue weighted by Gasteiger charge is 2.29. The fourth-order valence-electron chi connectivity index (χ4n) is 5.25. The fourth-order valence-corrected chi connectivity index (χ4v) is 5.25. The summed E-state index contributed by atoms with van der Waals surface area (Å²) in [6.45, 7) is 2.20. The smallest absolute Gasteiger partial charge is 0.141 e. The molecule has 1 fully saturated rings. The summed E-state index contributed by atoms with van der Waals surface area (Å²) in [7, 11) is 0. The van der Waals surface area contributed by atoms with Crippen molar-refractivity contribution in [2.24, 2.45) is 5.92 Å². The molecular weight excluding hydrogens is 371 g/mol. The molecule has 0 saturated heterocycles. The molecule has 0 aromatic heterocycles. The van der Waals surface area contributed by atoms with Gasteiger partial charge in [-0.25, -0.2) is 13.2 Å². The van der Waals surface area contributed by atoms with E-state index in [9.17, 15) is 4.39 Å². The Morgan fingerprint density at radius 2 is 1.55 bits per heavy atom. The molecule has 0 amide bonds. The van der Waals surface area contributed by atoms with Gasteiger partial charge in [0.05, 0.1) is 5.56 Å². The molecule has 2 aromatic rings. The Labute approximate surface area is 170 Å². The third kappa shape index (κ3) is 3.92. The largest absolute Gasteiger partial charge is 0.207 e. The number of hydrogen-bond acceptors (Lipinski definition) is 1. The lowest BCUT2D eigenvalue weighted by atomic mass is 9.76. The van der Waals surface area contributed by atoms with Crippen LogP contribution in [0.1, 0.15) is 85.1 Å². The summed E-state index contributed by atoms with van der Waals surface area (Å²) in [5, 5.41) is 9.00. The van der Waals surface area contributed by atoms with E-state index in [1.54, 1.807) is 6.07 Å². The molecule has 0 bridgehead atoms. The first-order valence-electron chi connectivity index (χ1n) is 10.7. The molecule has 2 aliphatic carbocycles. The van der Waals surface area contributed by atoms with Gasteiger partial charge in [-0.15, -0.1) is 0 Å². The number of fused-ring (bicyclic) bond motifs is 1. The maximum Gasteiger partial charge on any atom is 0.141 e. The fraction of sp³-hybridized carbons (Fsp3) is 0.480. The Morgan fingerprint density at radius 3 is 2.17 bits per heavy atom. The summed E-state index contributed by atoms with van der Waals surface area (Å²) < 4.78 is 44.0. The van der Waals surface area contributed by atoms with Crippen LogP contribution in [0.25, 0.3) is 0 Å². The van der Waals surface area contributed by atoms with Crippen molar-refractivity contribution in [2.75, 3.05) is 0 Å². The number of nitriles is 1. The van der Waals surface area contributed by atoms with Crippen LogP contribution in [0.4, 0.5) is 13.2 Å². The summed E-state index contributed by atoms with van der Waals surface area (Å²) in [6, 6.07) is 7.85. The molecule has 1 atom stereocenters. The zero-order valence-corrected chi connectivity index (χ0v) is 16.8. The van der Waals surface area contributed by atoms with Crippen LogP contribution < -0.4 is 0 Å². The van der Waals surface area contributed by atoms with E-state index in [1.165, 1.54) is 24.6 Å². The number of halogens is 3. The van der Waals surface area contributed by atoms with Gasteiger partial charge in [-0.05, 0) is 104 Å². The van der Waals surface area contributed by atoms with Gasteiger partial charge in [0, 0.05) is 5.56 Å². The molecule has 1 unspecified atom stereocenters. The van der Waals surface area contributed by atoms with Gasteiger partial charge in [0.15, 0.2) is 0 Å². The molecule has 0 spiro atoms. The molecular formula is C25H26F3N. The van der Waals surface area contributed by atoms with Gasteiger partial charge < -0.3 is 0 Å². The number of aryl methyl sites for hydroxylation is 1. The Bertz CT molecular complexity index is 928. The quantitative estimate of drug-likeness (QED) is 0.551. The SMILES string of the molecule is CCC1CCC(c2cc(F)c(C3CCc4cc(C#N)c(F)cc4C3)c(F)c2)CC1. The predicted octanol–water partition coefficient (Wildman–Crippen LogP) is 6.93. The van der Waals surface area contributed by atoms with E-state index in [-0.39, 0.29) is 23.0 Å². The lowest BCUT2D eigenvalue weighted by molar-refractivity contribution is 0.317. The highest BCUT2D eigenvalue weighted by molar-refractivity contribution is 5.43.